The highest BCUT2D eigenvalue weighted by Gasteiger charge is 2.44. The second kappa shape index (κ2) is 8.35. The first-order chi connectivity index (χ1) is 10.8. The molecule has 24 heavy (non-hydrogen) atoms. The standard InChI is InChI=1S/C12H16FN3O7.ClH/c13-5-3-16(12(21)15-10(5)20)11-9(19)8(18)6(23-11)4-22-7(17)1-2-14;/h3,6,8-9,11,18-19H,1-2,4,14H2,(H,15,20,21);1H/t6-,8?,9?,11-;/m0./s1. The molecule has 136 valence electrons. The van der Waals surface area contributed by atoms with Crippen LogP contribution >= 0.6 is 12.4 Å². The number of aliphatic hydroxyl groups excluding tert-OH is 2. The smallest absolute Gasteiger partial charge is 0.330 e. The van der Waals surface area contributed by atoms with Gasteiger partial charge in [0, 0.05) is 6.54 Å². The number of ether oxygens (including phenoxy) is 2. The third-order valence-electron chi connectivity index (χ3n) is 3.29. The number of carbonyl (C=O) groups is 1. The molecular weight excluding hydrogens is 353 g/mol. The molecule has 0 amide bonds. The van der Waals surface area contributed by atoms with E-state index in [4.69, 9.17) is 15.2 Å². The fourth-order valence-corrected chi connectivity index (χ4v) is 2.11. The molecule has 0 saturated carbocycles. The molecule has 2 heterocycles. The van der Waals surface area contributed by atoms with E-state index in [1.165, 1.54) is 0 Å². The number of esters is 1. The van der Waals surface area contributed by atoms with E-state index >= 15 is 0 Å². The fraction of sp³-hybridized carbons (Fsp3) is 0.583. The number of halogens is 2. The number of aliphatic hydroxyl groups is 2. The van der Waals surface area contributed by atoms with Crippen LogP contribution in [0.15, 0.2) is 15.8 Å². The highest BCUT2D eigenvalue weighted by atomic mass is 35.5. The van der Waals surface area contributed by atoms with Gasteiger partial charge in [0.15, 0.2) is 6.23 Å². The minimum atomic E-state index is -1.59. The second-order valence-corrected chi connectivity index (χ2v) is 4.91. The van der Waals surface area contributed by atoms with Gasteiger partial charge in [-0.3, -0.25) is 19.1 Å². The van der Waals surface area contributed by atoms with Crippen molar-refractivity contribution in [3.8, 4) is 0 Å². The van der Waals surface area contributed by atoms with Gasteiger partial charge in [0.05, 0.1) is 12.6 Å². The average Bonchev–Trinajstić information content (AvgIpc) is 2.77. The maximum absolute atomic E-state index is 13.3. The third-order valence-corrected chi connectivity index (χ3v) is 3.29. The van der Waals surface area contributed by atoms with Crippen molar-refractivity contribution in [2.45, 2.75) is 31.0 Å². The van der Waals surface area contributed by atoms with E-state index in [1.807, 2.05) is 0 Å². The van der Waals surface area contributed by atoms with Crippen molar-refractivity contribution in [2.75, 3.05) is 13.2 Å². The number of nitrogens with two attached hydrogens (primary N) is 1. The lowest BCUT2D eigenvalue weighted by atomic mass is 10.1. The Balaban J connectivity index is 0.00000288. The molecule has 1 saturated heterocycles. The van der Waals surface area contributed by atoms with Crippen LogP contribution in [0, 0.1) is 5.82 Å². The summed E-state index contributed by atoms with van der Waals surface area (Å²) in [5.74, 6) is -1.87. The van der Waals surface area contributed by atoms with Crippen LogP contribution in [0.5, 0.6) is 0 Å². The molecule has 12 heteroatoms. The number of hydrogen-bond donors (Lipinski definition) is 4. The Hall–Kier alpha value is -1.79. The summed E-state index contributed by atoms with van der Waals surface area (Å²) in [6, 6.07) is 0. The van der Waals surface area contributed by atoms with Crippen molar-refractivity contribution in [3.05, 3.63) is 32.9 Å². The fourth-order valence-electron chi connectivity index (χ4n) is 2.11. The number of aromatic amines is 1. The molecule has 0 spiro atoms. The molecule has 10 nitrogen and oxygen atoms in total. The Kier molecular flexibility index (Phi) is 7.05. The molecule has 2 rings (SSSR count). The maximum atomic E-state index is 13.3. The zero-order valence-corrected chi connectivity index (χ0v) is 13.1. The number of carbonyl (C=O) groups excluding carboxylic acids is 1. The van der Waals surface area contributed by atoms with Gasteiger partial charge in [-0.1, -0.05) is 0 Å². The molecule has 0 aliphatic carbocycles. The minimum absolute atomic E-state index is 0. The van der Waals surface area contributed by atoms with E-state index in [1.54, 1.807) is 4.98 Å². The van der Waals surface area contributed by atoms with Crippen LogP contribution in [-0.2, 0) is 14.3 Å². The highest BCUT2D eigenvalue weighted by Crippen LogP contribution is 2.28. The van der Waals surface area contributed by atoms with Crippen LogP contribution < -0.4 is 17.0 Å². The summed E-state index contributed by atoms with van der Waals surface area (Å²) in [5, 5.41) is 19.8. The van der Waals surface area contributed by atoms with Gasteiger partial charge in [-0.2, -0.15) is 4.39 Å². The van der Waals surface area contributed by atoms with Crippen molar-refractivity contribution in [3.63, 3.8) is 0 Å². The monoisotopic (exact) mass is 369 g/mol. The Morgan fingerprint density at radius 2 is 2.08 bits per heavy atom. The lowest BCUT2D eigenvalue weighted by Gasteiger charge is -2.16. The topological polar surface area (TPSA) is 157 Å². The van der Waals surface area contributed by atoms with Crippen LogP contribution in [0.1, 0.15) is 12.6 Å². The van der Waals surface area contributed by atoms with E-state index < -0.39 is 47.6 Å². The van der Waals surface area contributed by atoms with Crippen molar-refractivity contribution < 1.29 is 28.9 Å². The number of aromatic nitrogens is 2. The van der Waals surface area contributed by atoms with Crippen molar-refractivity contribution >= 4 is 18.4 Å². The maximum Gasteiger partial charge on any atom is 0.330 e. The Labute approximate surface area is 140 Å². The van der Waals surface area contributed by atoms with Gasteiger partial charge in [0.1, 0.15) is 24.9 Å². The average molecular weight is 370 g/mol. The van der Waals surface area contributed by atoms with E-state index in [0.29, 0.717) is 10.8 Å². The van der Waals surface area contributed by atoms with Gasteiger partial charge in [-0.05, 0) is 0 Å². The lowest BCUT2D eigenvalue weighted by molar-refractivity contribution is -0.149. The summed E-state index contributed by atoms with van der Waals surface area (Å²) in [6.45, 7) is -0.293. The molecule has 0 aromatic carbocycles. The number of hydrogen-bond acceptors (Lipinski definition) is 8. The number of H-pyrrole nitrogens is 1. The van der Waals surface area contributed by atoms with Crippen molar-refractivity contribution in [1.29, 1.82) is 0 Å². The zero-order valence-electron chi connectivity index (χ0n) is 12.3. The largest absolute Gasteiger partial charge is 0.463 e. The Morgan fingerprint density at radius 1 is 1.42 bits per heavy atom. The number of nitrogens with one attached hydrogen (secondary N) is 1. The normalized spacial score (nSPS) is 26.0. The summed E-state index contributed by atoms with van der Waals surface area (Å²) in [4.78, 5) is 35.6. The molecule has 0 radical (unpaired) electrons. The van der Waals surface area contributed by atoms with Gasteiger partial charge in [-0.25, -0.2) is 4.79 Å². The molecule has 5 N–H and O–H groups in total. The van der Waals surface area contributed by atoms with Gasteiger partial charge in [-0.15, -0.1) is 12.4 Å². The first-order valence-electron chi connectivity index (χ1n) is 6.73. The summed E-state index contributed by atoms with van der Waals surface area (Å²) in [6.07, 6.45) is -5.10. The van der Waals surface area contributed by atoms with Crippen LogP contribution in [0.25, 0.3) is 0 Å². The Bertz CT molecular complexity index is 694. The first kappa shape index (κ1) is 20.3. The summed E-state index contributed by atoms with van der Waals surface area (Å²) in [7, 11) is 0. The lowest BCUT2D eigenvalue weighted by Crippen LogP contribution is -2.38. The molecule has 1 aliphatic heterocycles. The zero-order chi connectivity index (χ0) is 17.1. The summed E-state index contributed by atoms with van der Waals surface area (Å²) < 4.78 is 23.9. The number of nitrogens with zero attached hydrogens (tertiary/aromatic N) is 1. The van der Waals surface area contributed by atoms with Crippen LogP contribution in [0.4, 0.5) is 4.39 Å². The van der Waals surface area contributed by atoms with Crippen molar-refractivity contribution in [2.24, 2.45) is 5.73 Å². The van der Waals surface area contributed by atoms with E-state index in [0.717, 1.165) is 0 Å². The van der Waals surface area contributed by atoms with Gasteiger partial charge >= 0.3 is 11.7 Å². The van der Waals surface area contributed by atoms with E-state index in [2.05, 4.69) is 0 Å². The molecule has 1 aromatic heterocycles. The predicted molar refractivity (Wildman–Crippen MR) is 79.1 cm³/mol. The molecule has 0 bridgehead atoms. The van der Waals surface area contributed by atoms with Gasteiger partial charge in [0.25, 0.3) is 5.56 Å². The van der Waals surface area contributed by atoms with Crippen LogP contribution in [0.3, 0.4) is 0 Å². The summed E-state index contributed by atoms with van der Waals surface area (Å²) >= 11 is 0. The summed E-state index contributed by atoms with van der Waals surface area (Å²) in [5.41, 5.74) is 2.94. The first-order valence-corrected chi connectivity index (χ1v) is 6.73. The molecule has 1 aromatic rings. The molecule has 2 unspecified atom stereocenters. The quantitative estimate of drug-likeness (QED) is 0.419. The molecular formula is C12H17ClFN3O7. The second-order valence-electron chi connectivity index (χ2n) is 4.91. The Morgan fingerprint density at radius 3 is 2.71 bits per heavy atom. The molecule has 1 fully saturated rings. The highest BCUT2D eigenvalue weighted by molar-refractivity contribution is 5.85. The molecule has 1 aliphatic rings. The van der Waals surface area contributed by atoms with Gasteiger partial charge in [0.2, 0.25) is 5.82 Å². The minimum Gasteiger partial charge on any atom is -0.463 e. The van der Waals surface area contributed by atoms with Crippen LogP contribution in [0.2, 0.25) is 0 Å². The molecule has 4 atom stereocenters. The predicted octanol–water partition coefficient (Wildman–Crippen LogP) is -2.39. The van der Waals surface area contributed by atoms with Crippen LogP contribution in [-0.4, -0.2) is 57.2 Å². The van der Waals surface area contributed by atoms with Gasteiger partial charge < -0.3 is 25.4 Å². The SMILES string of the molecule is Cl.NCCC(=O)OC[C@@H]1O[C@H](n2cc(F)c(=O)[nH]c2=O)C(O)C1O. The van der Waals surface area contributed by atoms with E-state index in [9.17, 15) is 29.0 Å². The van der Waals surface area contributed by atoms with E-state index in [-0.39, 0.29) is 32.0 Å². The van der Waals surface area contributed by atoms with Crippen molar-refractivity contribution in [1.82, 2.24) is 9.55 Å². The number of rotatable bonds is 5. The third kappa shape index (κ3) is 4.19.